The normalized spacial score (nSPS) is 15.3. The number of aromatic nitrogens is 2. The van der Waals surface area contributed by atoms with E-state index in [4.69, 9.17) is 17.3 Å². The first-order chi connectivity index (χ1) is 7.24. The minimum Gasteiger partial charge on any atom is -0.382 e. The molecule has 1 saturated carbocycles. The van der Waals surface area contributed by atoms with Crippen molar-refractivity contribution in [3.8, 4) is 0 Å². The summed E-state index contributed by atoms with van der Waals surface area (Å²) < 4.78 is 0. The summed E-state index contributed by atoms with van der Waals surface area (Å²) in [6.07, 6.45) is 5.00. The molecular formula is C10H15ClN4. The third-order valence-corrected chi connectivity index (χ3v) is 2.88. The minimum absolute atomic E-state index is 0.364. The molecule has 0 aromatic carbocycles. The number of nitrogens with two attached hydrogens (primary N) is 1. The molecule has 4 nitrogen and oxygen atoms in total. The van der Waals surface area contributed by atoms with E-state index in [1.54, 1.807) is 0 Å². The highest BCUT2D eigenvalue weighted by Crippen LogP contribution is 2.35. The largest absolute Gasteiger partial charge is 0.382 e. The second-order valence-corrected chi connectivity index (χ2v) is 4.20. The number of halogens is 1. The third-order valence-electron chi connectivity index (χ3n) is 2.52. The lowest BCUT2D eigenvalue weighted by Gasteiger charge is -2.23. The van der Waals surface area contributed by atoms with Crippen molar-refractivity contribution in [2.24, 2.45) is 0 Å². The fraction of sp³-hybridized carbons (Fsp3) is 0.600. The summed E-state index contributed by atoms with van der Waals surface area (Å²) in [4.78, 5) is 10.3. The van der Waals surface area contributed by atoms with Crippen molar-refractivity contribution in [3.63, 3.8) is 0 Å². The summed E-state index contributed by atoms with van der Waals surface area (Å²) in [6.45, 7) is 3.12. The maximum atomic E-state index is 6.10. The van der Waals surface area contributed by atoms with Crippen LogP contribution in [0.3, 0.4) is 0 Å². The number of rotatable bonds is 4. The van der Waals surface area contributed by atoms with Gasteiger partial charge in [-0.05, 0) is 19.3 Å². The smallest absolute Gasteiger partial charge is 0.153 e. The molecule has 0 spiro atoms. The number of hydrogen-bond donors (Lipinski definition) is 1. The fourth-order valence-electron chi connectivity index (χ4n) is 1.66. The van der Waals surface area contributed by atoms with E-state index in [0.29, 0.717) is 16.9 Å². The monoisotopic (exact) mass is 226 g/mol. The molecule has 1 fully saturated rings. The molecule has 0 radical (unpaired) electrons. The number of nitrogen functional groups attached to an aromatic ring is 1. The van der Waals surface area contributed by atoms with E-state index >= 15 is 0 Å². The van der Waals surface area contributed by atoms with Gasteiger partial charge in [-0.1, -0.05) is 18.5 Å². The standard InChI is InChI=1S/C10H15ClN4/c1-2-5-15(7-3-4-7)10-8(11)9(12)13-6-14-10/h6-7H,2-5H2,1H3,(H2,12,13,14). The Labute approximate surface area is 94.5 Å². The Bertz CT molecular complexity index is 351. The van der Waals surface area contributed by atoms with Crippen molar-refractivity contribution in [1.29, 1.82) is 0 Å². The van der Waals surface area contributed by atoms with Crippen LogP contribution in [0.5, 0.6) is 0 Å². The van der Waals surface area contributed by atoms with Crippen molar-refractivity contribution in [2.75, 3.05) is 17.2 Å². The molecule has 15 heavy (non-hydrogen) atoms. The van der Waals surface area contributed by atoms with Gasteiger partial charge in [-0.15, -0.1) is 0 Å². The molecule has 0 aliphatic heterocycles. The van der Waals surface area contributed by atoms with Crippen LogP contribution in [-0.4, -0.2) is 22.6 Å². The van der Waals surface area contributed by atoms with E-state index in [0.717, 1.165) is 18.8 Å². The van der Waals surface area contributed by atoms with E-state index in [9.17, 15) is 0 Å². The summed E-state index contributed by atoms with van der Waals surface area (Å²) in [7, 11) is 0. The first kappa shape index (κ1) is 10.5. The highest BCUT2D eigenvalue weighted by atomic mass is 35.5. The first-order valence-corrected chi connectivity index (χ1v) is 5.64. The molecule has 0 saturated heterocycles. The third kappa shape index (κ3) is 2.15. The zero-order valence-corrected chi connectivity index (χ0v) is 9.54. The van der Waals surface area contributed by atoms with Gasteiger partial charge in [0.2, 0.25) is 0 Å². The van der Waals surface area contributed by atoms with Crippen LogP contribution in [0.2, 0.25) is 5.02 Å². The number of anilines is 2. The lowest BCUT2D eigenvalue weighted by molar-refractivity contribution is 0.749. The molecule has 5 heteroatoms. The Morgan fingerprint density at radius 3 is 2.87 bits per heavy atom. The van der Waals surface area contributed by atoms with Crippen LogP contribution >= 0.6 is 11.6 Å². The SMILES string of the molecule is CCCN(c1ncnc(N)c1Cl)C1CC1. The van der Waals surface area contributed by atoms with E-state index < -0.39 is 0 Å². The summed E-state index contributed by atoms with van der Waals surface area (Å²) in [5.41, 5.74) is 5.67. The quantitative estimate of drug-likeness (QED) is 0.854. The van der Waals surface area contributed by atoms with Gasteiger partial charge in [0.1, 0.15) is 17.2 Å². The van der Waals surface area contributed by atoms with E-state index in [2.05, 4.69) is 21.8 Å². The predicted molar refractivity (Wildman–Crippen MR) is 62.1 cm³/mol. The van der Waals surface area contributed by atoms with Gasteiger partial charge in [-0.25, -0.2) is 9.97 Å². The molecule has 1 aliphatic carbocycles. The molecule has 2 rings (SSSR count). The lowest BCUT2D eigenvalue weighted by Crippen LogP contribution is -2.28. The molecule has 0 amide bonds. The minimum atomic E-state index is 0.364. The Kier molecular flexibility index (Phi) is 2.95. The van der Waals surface area contributed by atoms with Gasteiger partial charge >= 0.3 is 0 Å². The molecule has 1 heterocycles. The van der Waals surface area contributed by atoms with Crippen molar-refractivity contribution < 1.29 is 0 Å². The Morgan fingerprint density at radius 1 is 1.53 bits per heavy atom. The molecule has 2 N–H and O–H groups in total. The van der Waals surface area contributed by atoms with Gasteiger partial charge < -0.3 is 10.6 Å². The Morgan fingerprint density at radius 2 is 2.27 bits per heavy atom. The predicted octanol–water partition coefficient (Wildman–Crippen LogP) is 2.09. The van der Waals surface area contributed by atoms with Crippen LogP contribution < -0.4 is 10.6 Å². The summed E-state index contributed by atoms with van der Waals surface area (Å²) in [6, 6.07) is 0.594. The second kappa shape index (κ2) is 4.23. The molecule has 1 aromatic heterocycles. The molecule has 1 aliphatic rings. The average Bonchev–Trinajstić information content (AvgIpc) is 3.03. The van der Waals surface area contributed by atoms with Crippen molar-refractivity contribution in [3.05, 3.63) is 11.3 Å². The average molecular weight is 227 g/mol. The summed E-state index contributed by atoms with van der Waals surface area (Å²) >= 11 is 6.10. The summed E-state index contributed by atoms with van der Waals surface area (Å²) in [5, 5.41) is 0.484. The van der Waals surface area contributed by atoms with Crippen LogP contribution in [0.1, 0.15) is 26.2 Å². The zero-order valence-electron chi connectivity index (χ0n) is 8.78. The highest BCUT2D eigenvalue weighted by molar-refractivity contribution is 6.35. The van der Waals surface area contributed by atoms with E-state index in [1.807, 2.05) is 0 Å². The second-order valence-electron chi connectivity index (χ2n) is 3.82. The van der Waals surface area contributed by atoms with E-state index in [-0.39, 0.29) is 0 Å². The highest BCUT2D eigenvalue weighted by Gasteiger charge is 2.31. The van der Waals surface area contributed by atoms with Crippen LogP contribution in [0.15, 0.2) is 6.33 Å². The van der Waals surface area contributed by atoms with Crippen LogP contribution in [0.4, 0.5) is 11.6 Å². The Balaban J connectivity index is 2.28. The maximum Gasteiger partial charge on any atom is 0.153 e. The molecule has 1 aromatic rings. The number of nitrogens with zero attached hydrogens (tertiary/aromatic N) is 3. The Hall–Kier alpha value is -1.03. The number of hydrogen-bond acceptors (Lipinski definition) is 4. The zero-order chi connectivity index (χ0) is 10.8. The fourth-order valence-corrected chi connectivity index (χ4v) is 1.87. The van der Waals surface area contributed by atoms with Gasteiger partial charge in [-0.2, -0.15) is 0 Å². The van der Waals surface area contributed by atoms with Crippen molar-refractivity contribution >= 4 is 23.2 Å². The van der Waals surface area contributed by atoms with Crippen LogP contribution in [0.25, 0.3) is 0 Å². The van der Waals surface area contributed by atoms with Gasteiger partial charge in [0, 0.05) is 12.6 Å². The first-order valence-electron chi connectivity index (χ1n) is 5.26. The van der Waals surface area contributed by atoms with Crippen LogP contribution in [-0.2, 0) is 0 Å². The van der Waals surface area contributed by atoms with E-state index in [1.165, 1.54) is 19.2 Å². The lowest BCUT2D eigenvalue weighted by atomic mass is 10.3. The van der Waals surface area contributed by atoms with Gasteiger partial charge in [0.25, 0.3) is 0 Å². The molecular weight excluding hydrogens is 212 g/mol. The van der Waals surface area contributed by atoms with Crippen molar-refractivity contribution in [1.82, 2.24) is 9.97 Å². The van der Waals surface area contributed by atoms with Crippen LogP contribution in [0, 0.1) is 0 Å². The summed E-state index contributed by atoms with van der Waals surface area (Å²) in [5.74, 6) is 1.15. The van der Waals surface area contributed by atoms with Gasteiger partial charge in [0.15, 0.2) is 5.82 Å². The van der Waals surface area contributed by atoms with Crippen molar-refractivity contribution in [2.45, 2.75) is 32.2 Å². The molecule has 0 atom stereocenters. The van der Waals surface area contributed by atoms with Gasteiger partial charge in [0.05, 0.1) is 0 Å². The molecule has 82 valence electrons. The molecule has 0 bridgehead atoms. The topological polar surface area (TPSA) is 55.0 Å². The molecule has 0 unspecified atom stereocenters. The maximum absolute atomic E-state index is 6.10. The van der Waals surface area contributed by atoms with Gasteiger partial charge in [-0.3, -0.25) is 0 Å².